The highest BCUT2D eigenvalue weighted by Crippen LogP contribution is 2.33. The van der Waals surface area contributed by atoms with E-state index in [1.54, 1.807) is 6.92 Å². The van der Waals surface area contributed by atoms with Gasteiger partial charge in [-0.15, -0.1) is 11.3 Å². The van der Waals surface area contributed by atoms with E-state index in [0.29, 0.717) is 17.0 Å². The van der Waals surface area contributed by atoms with Gasteiger partial charge in [0.15, 0.2) is 5.76 Å². The number of aromatic nitrogens is 1. The molecule has 0 spiro atoms. The van der Waals surface area contributed by atoms with E-state index in [4.69, 9.17) is 4.52 Å². The highest BCUT2D eigenvalue weighted by atomic mass is 32.1. The predicted octanol–water partition coefficient (Wildman–Crippen LogP) is 4.13. The Morgan fingerprint density at radius 3 is 3.00 bits per heavy atom. The number of amides is 1. The Morgan fingerprint density at radius 1 is 1.30 bits per heavy atom. The molecule has 1 aromatic carbocycles. The maximum Gasteiger partial charge on any atom is 0.257 e. The highest BCUT2D eigenvalue weighted by Gasteiger charge is 2.28. The lowest BCUT2D eigenvalue weighted by molar-refractivity contribution is 0.0936. The molecule has 0 bridgehead atoms. The summed E-state index contributed by atoms with van der Waals surface area (Å²) in [5.74, 6) is 0.440. The third-order valence-corrected chi connectivity index (χ3v) is 5.14. The smallest absolute Gasteiger partial charge is 0.257 e. The van der Waals surface area contributed by atoms with Gasteiger partial charge in [-0.05, 0) is 42.3 Å². The van der Waals surface area contributed by atoms with Crippen molar-refractivity contribution in [3.63, 3.8) is 0 Å². The molecule has 0 fully saturated rings. The zero-order chi connectivity index (χ0) is 15.8. The van der Waals surface area contributed by atoms with Gasteiger partial charge < -0.3 is 9.84 Å². The van der Waals surface area contributed by atoms with Crippen LogP contribution >= 0.6 is 11.3 Å². The van der Waals surface area contributed by atoms with E-state index in [1.165, 1.54) is 22.5 Å². The molecule has 4 rings (SSSR count). The first kappa shape index (κ1) is 14.2. The minimum absolute atomic E-state index is 0.0594. The lowest BCUT2D eigenvalue weighted by Gasteiger charge is -2.14. The number of thiophene rings is 1. The van der Waals surface area contributed by atoms with E-state index in [0.717, 1.165) is 17.7 Å². The van der Waals surface area contributed by atoms with Crippen molar-refractivity contribution < 1.29 is 9.32 Å². The summed E-state index contributed by atoms with van der Waals surface area (Å²) in [4.78, 5) is 13.7. The number of nitrogens with one attached hydrogen (secondary N) is 1. The van der Waals surface area contributed by atoms with Gasteiger partial charge in [-0.2, -0.15) is 0 Å². The van der Waals surface area contributed by atoms with Crippen molar-refractivity contribution in [2.75, 3.05) is 0 Å². The van der Waals surface area contributed by atoms with Crippen molar-refractivity contribution in [3.05, 3.63) is 64.2 Å². The second-order valence-corrected chi connectivity index (χ2v) is 6.66. The summed E-state index contributed by atoms with van der Waals surface area (Å²) in [6, 6.07) is 12.2. The zero-order valence-corrected chi connectivity index (χ0v) is 13.5. The topological polar surface area (TPSA) is 55.1 Å². The molecule has 2 aromatic heterocycles. The molecule has 1 atom stereocenters. The fourth-order valence-electron chi connectivity index (χ4n) is 3.15. The molecular weight excluding hydrogens is 308 g/mol. The Kier molecular flexibility index (Phi) is 3.50. The third kappa shape index (κ3) is 2.47. The van der Waals surface area contributed by atoms with Gasteiger partial charge in [0.05, 0.1) is 16.6 Å². The van der Waals surface area contributed by atoms with Crippen LogP contribution in [0.5, 0.6) is 0 Å². The van der Waals surface area contributed by atoms with Crippen LogP contribution in [-0.2, 0) is 6.42 Å². The first-order valence-electron chi connectivity index (χ1n) is 7.63. The number of rotatable bonds is 3. The third-order valence-electron chi connectivity index (χ3n) is 4.27. The first-order chi connectivity index (χ1) is 11.2. The van der Waals surface area contributed by atoms with E-state index in [1.807, 2.05) is 29.6 Å². The second-order valence-electron chi connectivity index (χ2n) is 5.71. The van der Waals surface area contributed by atoms with E-state index in [2.05, 4.69) is 22.6 Å². The molecule has 0 radical (unpaired) electrons. The molecule has 5 heteroatoms. The van der Waals surface area contributed by atoms with Crippen LogP contribution in [0.4, 0.5) is 0 Å². The molecule has 0 saturated heterocycles. The Bertz CT molecular complexity index is 852. The number of carbonyl (C=O) groups excluding carboxylic acids is 1. The monoisotopic (exact) mass is 324 g/mol. The van der Waals surface area contributed by atoms with Gasteiger partial charge >= 0.3 is 0 Å². The molecule has 4 nitrogen and oxygen atoms in total. The molecule has 1 aliphatic rings. The fraction of sp³-hybridized carbons (Fsp3) is 0.222. The van der Waals surface area contributed by atoms with E-state index in [-0.39, 0.29) is 11.9 Å². The fourth-order valence-corrected chi connectivity index (χ4v) is 3.86. The second kappa shape index (κ2) is 5.66. The average Bonchev–Trinajstić information content (AvgIpc) is 3.27. The summed E-state index contributed by atoms with van der Waals surface area (Å²) in [7, 11) is 0. The van der Waals surface area contributed by atoms with E-state index >= 15 is 0 Å². The molecule has 1 amide bonds. The minimum Gasteiger partial charge on any atom is -0.354 e. The molecule has 0 saturated carbocycles. The lowest BCUT2D eigenvalue weighted by Crippen LogP contribution is -2.27. The molecule has 1 aliphatic carbocycles. The quantitative estimate of drug-likeness (QED) is 0.788. The predicted molar refractivity (Wildman–Crippen MR) is 89.5 cm³/mol. The molecule has 23 heavy (non-hydrogen) atoms. The number of nitrogens with zero attached hydrogens (tertiary/aromatic N) is 1. The molecular formula is C18H16N2O2S. The maximum absolute atomic E-state index is 12.8. The van der Waals surface area contributed by atoms with Crippen molar-refractivity contribution in [1.82, 2.24) is 10.5 Å². The van der Waals surface area contributed by atoms with Crippen molar-refractivity contribution in [2.24, 2.45) is 0 Å². The van der Waals surface area contributed by atoms with Gasteiger partial charge in [0.25, 0.3) is 5.91 Å². The molecule has 1 unspecified atom stereocenters. The van der Waals surface area contributed by atoms with Gasteiger partial charge in [-0.25, -0.2) is 0 Å². The van der Waals surface area contributed by atoms with Crippen LogP contribution in [0.25, 0.3) is 10.6 Å². The summed E-state index contributed by atoms with van der Waals surface area (Å²) in [5.41, 5.74) is 3.69. The molecule has 3 aromatic rings. The van der Waals surface area contributed by atoms with Crippen LogP contribution in [0, 0.1) is 6.92 Å². The van der Waals surface area contributed by atoms with Crippen LogP contribution in [0.1, 0.15) is 39.6 Å². The van der Waals surface area contributed by atoms with Gasteiger partial charge in [0, 0.05) is 0 Å². The lowest BCUT2D eigenvalue weighted by atomic mass is 10.1. The zero-order valence-electron chi connectivity index (χ0n) is 12.7. The standard InChI is InChI=1S/C18H16N2O2S/c1-11-16(17(22-20-11)15-7-4-10-23-15)18(21)19-14-9-8-12-5-2-3-6-13(12)14/h2-7,10,14H,8-9H2,1H3,(H,19,21). The molecule has 1 N–H and O–H groups in total. The number of aryl methyl sites for hydroxylation is 2. The Morgan fingerprint density at radius 2 is 2.17 bits per heavy atom. The Labute approximate surface area is 138 Å². The summed E-state index contributed by atoms with van der Waals surface area (Å²) < 4.78 is 5.39. The van der Waals surface area contributed by atoms with Crippen molar-refractivity contribution >= 4 is 17.2 Å². The van der Waals surface area contributed by atoms with Crippen molar-refractivity contribution in [2.45, 2.75) is 25.8 Å². The van der Waals surface area contributed by atoms with Gasteiger partial charge in [0.1, 0.15) is 5.56 Å². The summed E-state index contributed by atoms with van der Waals surface area (Å²) in [6.07, 6.45) is 1.94. The average molecular weight is 324 g/mol. The van der Waals surface area contributed by atoms with Crippen LogP contribution < -0.4 is 5.32 Å². The Balaban J connectivity index is 1.63. The molecule has 116 valence electrons. The van der Waals surface area contributed by atoms with Gasteiger partial charge in [-0.3, -0.25) is 4.79 Å². The van der Waals surface area contributed by atoms with Crippen LogP contribution in [-0.4, -0.2) is 11.1 Å². The van der Waals surface area contributed by atoms with Gasteiger partial charge in [0.2, 0.25) is 0 Å². The normalized spacial score (nSPS) is 16.3. The summed E-state index contributed by atoms with van der Waals surface area (Å²) in [6.45, 7) is 1.80. The summed E-state index contributed by atoms with van der Waals surface area (Å²) in [5, 5.41) is 9.09. The minimum atomic E-state index is -0.117. The molecule has 2 heterocycles. The van der Waals surface area contributed by atoms with Gasteiger partial charge in [-0.1, -0.05) is 35.5 Å². The maximum atomic E-state index is 12.8. The first-order valence-corrected chi connectivity index (χ1v) is 8.51. The summed E-state index contributed by atoms with van der Waals surface area (Å²) >= 11 is 1.54. The number of carbonyl (C=O) groups is 1. The van der Waals surface area contributed by atoms with Crippen molar-refractivity contribution in [1.29, 1.82) is 0 Å². The number of hydrogen-bond acceptors (Lipinski definition) is 4. The van der Waals surface area contributed by atoms with Crippen LogP contribution in [0.2, 0.25) is 0 Å². The van der Waals surface area contributed by atoms with E-state index < -0.39 is 0 Å². The van der Waals surface area contributed by atoms with E-state index in [9.17, 15) is 4.79 Å². The van der Waals surface area contributed by atoms with Crippen LogP contribution in [0.3, 0.4) is 0 Å². The van der Waals surface area contributed by atoms with Crippen LogP contribution in [0.15, 0.2) is 46.3 Å². The van der Waals surface area contributed by atoms with Crippen molar-refractivity contribution in [3.8, 4) is 10.6 Å². The number of hydrogen-bond donors (Lipinski definition) is 1. The highest BCUT2D eigenvalue weighted by molar-refractivity contribution is 7.13. The number of fused-ring (bicyclic) bond motifs is 1. The number of benzene rings is 1. The largest absolute Gasteiger partial charge is 0.354 e. The molecule has 0 aliphatic heterocycles. The Hall–Kier alpha value is -2.40. The SMILES string of the molecule is Cc1noc(-c2cccs2)c1C(=O)NC1CCc2ccccc21.